The highest BCUT2D eigenvalue weighted by atomic mass is 35.5. The number of rotatable bonds is 5. The van der Waals surface area contributed by atoms with Crippen molar-refractivity contribution in [3.63, 3.8) is 0 Å². The summed E-state index contributed by atoms with van der Waals surface area (Å²) in [6.07, 6.45) is 0.253. The Kier molecular flexibility index (Phi) is 5.23. The molecule has 0 fully saturated rings. The van der Waals surface area contributed by atoms with Crippen LogP contribution in [0.15, 0.2) is 48.5 Å². The molecule has 0 aromatic heterocycles. The minimum atomic E-state index is -0.603. The lowest BCUT2D eigenvalue weighted by molar-refractivity contribution is -0.122. The van der Waals surface area contributed by atoms with Crippen LogP contribution < -0.4 is 10.1 Å². The molecule has 0 bridgehead atoms. The van der Waals surface area contributed by atoms with Gasteiger partial charge in [0.25, 0.3) is 5.91 Å². The number of nitrogens with one attached hydrogen (secondary N) is 1. The van der Waals surface area contributed by atoms with Crippen LogP contribution in [-0.4, -0.2) is 12.0 Å². The maximum absolute atomic E-state index is 12.2. The monoisotopic (exact) mass is 303 g/mol. The minimum absolute atomic E-state index is 0.228. The van der Waals surface area contributed by atoms with Gasteiger partial charge in [0.15, 0.2) is 6.10 Å². The van der Waals surface area contributed by atoms with Crippen LogP contribution >= 0.6 is 11.6 Å². The molecule has 0 aliphatic heterocycles. The number of carbonyl (C=O) groups excluding carboxylic acids is 1. The summed E-state index contributed by atoms with van der Waals surface area (Å²) in [5, 5.41) is 3.28. The van der Waals surface area contributed by atoms with Crippen molar-refractivity contribution in [3.8, 4) is 5.75 Å². The summed E-state index contributed by atoms with van der Waals surface area (Å²) in [6.45, 7) is 3.77. The first-order valence-electron chi connectivity index (χ1n) is 6.91. The average molecular weight is 304 g/mol. The molecule has 110 valence electrons. The van der Waals surface area contributed by atoms with Crippen LogP contribution in [-0.2, 0) is 11.2 Å². The van der Waals surface area contributed by atoms with E-state index in [4.69, 9.17) is 16.3 Å². The number of amides is 1. The molecule has 0 saturated heterocycles. The predicted molar refractivity (Wildman–Crippen MR) is 86.0 cm³/mol. The van der Waals surface area contributed by atoms with Crippen LogP contribution in [0.2, 0.25) is 5.02 Å². The number of anilines is 1. The first kappa shape index (κ1) is 15.4. The van der Waals surface area contributed by atoms with E-state index in [0.29, 0.717) is 10.7 Å². The maximum atomic E-state index is 12.2. The van der Waals surface area contributed by atoms with Gasteiger partial charge in [-0.05, 0) is 37.1 Å². The smallest absolute Gasteiger partial charge is 0.265 e. The Labute approximate surface area is 129 Å². The highest BCUT2D eigenvalue weighted by Crippen LogP contribution is 2.22. The Morgan fingerprint density at radius 2 is 1.86 bits per heavy atom. The maximum Gasteiger partial charge on any atom is 0.265 e. The molecule has 0 heterocycles. The van der Waals surface area contributed by atoms with E-state index in [9.17, 15) is 4.79 Å². The molecule has 1 amide bonds. The number of carbonyl (C=O) groups is 1. The second-order valence-electron chi connectivity index (χ2n) is 4.69. The summed E-state index contributed by atoms with van der Waals surface area (Å²) >= 11 is 6.03. The zero-order chi connectivity index (χ0) is 15.2. The van der Waals surface area contributed by atoms with Crippen LogP contribution in [0.25, 0.3) is 0 Å². The molecule has 0 radical (unpaired) electrons. The summed E-state index contributed by atoms with van der Waals surface area (Å²) in [5.74, 6) is 0.510. The van der Waals surface area contributed by atoms with Gasteiger partial charge in [0.05, 0.1) is 10.7 Å². The van der Waals surface area contributed by atoms with Crippen LogP contribution in [0.1, 0.15) is 19.4 Å². The minimum Gasteiger partial charge on any atom is -0.481 e. The van der Waals surface area contributed by atoms with Crippen molar-refractivity contribution in [2.75, 3.05) is 5.32 Å². The van der Waals surface area contributed by atoms with Crippen LogP contribution in [0.5, 0.6) is 5.75 Å². The van der Waals surface area contributed by atoms with Crippen molar-refractivity contribution in [2.45, 2.75) is 26.4 Å². The molecule has 0 saturated carbocycles. The number of aryl methyl sites for hydroxylation is 1. The van der Waals surface area contributed by atoms with E-state index in [1.54, 1.807) is 19.1 Å². The van der Waals surface area contributed by atoms with Crippen molar-refractivity contribution in [1.29, 1.82) is 0 Å². The molecule has 4 heteroatoms. The number of benzene rings is 2. The average Bonchev–Trinajstić information content (AvgIpc) is 2.50. The van der Waals surface area contributed by atoms with Gasteiger partial charge in [-0.2, -0.15) is 0 Å². The van der Waals surface area contributed by atoms with Gasteiger partial charge in [0, 0.05) is 0 Å². The van der Waals surface area contributed by atoms with Gasteiger partial charge >= 0.3 is 0 Å². The third-order valence-corrected chi connectivity index (χ3v) is 3.49. The molecule has 1 unspecified atom stereocenters. The molecule has 1 atom stereocenters. The van der Waals surface area contributed by atoms with Gasteiger partial charge in [0.2, 0.25) is 0 Å². The third-order valence-electron chi connectivity index (χ3n) is 3.16. The molecule has 0 aliphatic rings. The molecular weight excluding hydrogens is 286 g/mol. The second kappa shape index (κ2) is 7.14. The van der Waals surface area contributed by atoms with Crippen LogP contribution in [0.3, 0.4) is 0 Å². The fourth-order valence-electron chi connectivity index (χ4n) is 1.95. The van der Waals surface area contributed by atoms with Crippen molar-refractivity contribution in [3.05, 3.63) is 59.1 Å². The van der Waals surface area contributed by atoms with E-state index in [1.165, 1.54) is 0 Å². The van der Waals surface area contributed by atoms with Gasteiger partial charge in [-0.25, -0.2) is 0 Å². The van der Waals surface area contributed by atoms with Gasteiger partial charge in [-0.3, -0.25) is 4.79 Å². The van der Waals surface area contributed by atoms with Gasteiger partial charge < -0.3 is 10.1 Å². The topological polar surface area (TPSA) is 38.3 Å². The first-order chi connectivity index (χ1) is 10.1. The molecule has 3 nitrogen and oxygen atoms in total. The highest BCUT2D eigenvalue weighted by Gasteiger charge is 2.16. The van der Waals surface area contributed by atoms with E-state index >= 15 is 0 Å². The van der Waals surface area contributed by atoms with E-state index in [1.807, 2.05) is 36.4 Å². The number of halogens is 1. The summed E-state index contributed by atoms with van der Waals surface area (Å²) in [7, 11) is 0. The highest BCUT2D eigenvalue weighted by molar-refractivity contribution is 6.33. The van der Waals surface area contributed by atoms with Crippen LogP contribution in [0.4, 0.5) is 5.69 Å². The fourth-order valence-corrected chi connectivity index (χ4v) is 2.13. The van der Waals surface area contributed by atoms with Crippen molar-refractivity contribution in [1.82, 2.24) is 0 Å². The number of hydrogen-bond donors (Lipinski definition) is 1. The zero-order valence-electron chi connectivity index (χ0n) is 12.1. The summed E-state index contributed by atoms with van der Waals surface area (Å²) in [6, 6.07) is 14.8. The lowest BCUT2D eigenvalue weighted by Gasteiger charge is -2.17. The van der Waals surface area contributed by atoms with E-state index in [-0.39, 0.29) is 5.91 Å². The third kappa shape index (κ3) is 3.99. The molecular formula is C17H18ClNO2. The second-order valence-corrected chi connectivity index (χ2v) is 5.10. The summed E-state index contributed by atoms with van der Waals surface area (Å²) < 4.78 is 5.76. The standard InChI is InChI=1S/C17H18ClNO2/c1-3-13-8-4-7-11-16(13)21-12(2)17(20)19-15-10-6-5-9-14(15)18/h4-12H,3H2,1-2H3,(H,19,20). The van der Waals surface area contributed by atoms with E-state index < -0.39 is 6.10 Å². The lowest BCUT2D eigenvalue weighted by Crippen LogP contribution is -2.30. The molecule has 2 rings (SSSR count). The normalized spacial score (nSPS) is 11.8. The van der Waals surface area contributed by atoms with Gasteiger partial charge in [-0.1, -0.05) is 48.9 Å². The molecule has 21 heavy (non-hydrogen) atoms. The Morgan fingerprint density at radius 1 is 1.19 bits per heavy atom. The van der Waals surface area contributed by atoms with Crippen molar-refractivity contribution >= 4 is 23.2 Å². The van der Waals surface area contributed by atoms with Crippen molar-refractivity contribution in [2.24, 2.45) is 0 Å². The van der Waals surface area contributed by atoms with E-state index in [0.717, 1.165) is 17.7 Å². The van der Waals surface area contributed by atoms with E-state index in [2.05, 4.69) is 12.2 Å². The lowest BCUT2D eigenvalue weighted by atomic mass is 10.1. The van der Waals surface area contributed by atoms with Gasteiger partial charge in [-0.15, -0.1) is 0 Å². The molecule has 0 spiro atoms. The SMILES string of the molecule is CCc1ccccc1OC(C)C(=O)Nc1ccccc1Cl. The Morgan fingerprint density at radius 3 is 2.57 bits per heavy atom. The van der Waals surface area contributed by atoms with Crippen molar-refractivity contribution < 1.29 is 9.53 Å². The quantitative estimate of drug-likeness (QED) is 0.894. The Hall–Kier alpha value is -2.00. The number of para-hydroxylation sites is 2. The molecule has 0 aliphatic carbocycles. The summed E-state index contributed by atoms with van der Waals surface area (Å²) in [5.41, 5.74) is 1.67. The fraction of sp³-hybridized carbons (Fsp3) is 0.235. The zero-order valence-corrected chi connectivity index (χ0v) is 12.9. The molecule has 2 aromatic rings. The number of hydrogen-bond acceptors (Lipinski definition) is 2. The molecule has 1 N–H and O–H groups in total. The summed E-state index contributed by atoms with van der Waals surface area (Å²) in [4.78, 5) is 12.2. The van der Waals surface area contributed by atoms with Crippen LogP contribution in [0, 0.1) is 0 Å². The van der Waals surface area contributed by atoms with Gasteiger partial charge in [0.1, 0.15) is 5.75 Å². The predicted octanol–water partition coefficient (Wildman–Crippen LogP) is 4.31. The Balaban J connectivity index is 2.05. The first-order valence-corrected chi connectivity index (χ1v) is 7.29. The molecule has 2 aromatic carbocycles. The Bertz CT molecular complexity index is 628. The number of ether oxygens (including phenoxy) is 1. The largest absolute Gasteiger partial charge is 0.481 e.